The summed E-state index contributed by atoms with van der Waals surface area (Å²) in [6.45, 7) is 3.25. The van der Waals surface area contributed by atoms with Crippen molar-refractivity contribution in [3.05, 3.63) is 0 Å². The number of hydrogen-bond donors (Lipinski definition) is 0. The minimum Gasteiger partial charge on any atom is -0.457 e. The summed E-state index contributed by atoms with van der Waals surface area (Å²) in [7, 11) is 0. The molecule has 0 aromatic heterocycles. The molecular weight excluding hydrogens is 216 g/mol. The van der Waals surface area contributed by atoms with Gasteiger partial charge in [-0.05, 0) is 0 Å². The number of fused-ring (bicyclic) bond motifs is 1. The van der Waals surface area contributed by atoms with Crippen LogP contribution in [0.3, 0.4) is 0 Å². The fourth-order valence-corrected chi connectivity index (χ4v) is 2.06. The van der Waals surface area contributed by atoms with E-state index in [1.165, 1.54) is 13.8 Å². The molecular formula is C10H14O6. The number of hydrogen-bond acceptors (Lipinski definition) is 6. The molecule has 0 aromatic carbocycles. The molecule has 0 bridgehead atoms. The summed E-state index contributed by atoms with van der Waals surface area (Å²) in [4.78, 5) is 21.7. The molecule has 16 heavy (non-hydrogen) atoms. The maximum atomic E-state index is 10.8. The first-order valence-electron chi connectivity index (χ1n) is 5.15. The number of carbonyl (C=O) groups excluding carboxylic acids is 2. The van der Waals surface area contributed by atoms with Crippen molar-refractivity contribution in [3.8, 4) is 0 Å². The molecule has 90 valence electrons. The van der Waals surface area contributed by atoms with Crippen molar-refractivity contribution in [1.82, 2.24) is 0 Å². The number of esters is 2. The van der Waals surface area contributed by atoms with E-state index >= 15 is 0 Å². The van der Waals surface area contributed by atoms with Gasteiger partial charge in [-0.3, -0.25) is 9.59 Å². The molecule has 0 amide bonds. The van der Waals surface area contributed by atoms with Crippen LogP contribution < -0.4 is 0 Å². The highest BCUT2D eigenvalue weighted by Gasteiger charge is 2.50. The van der Waals surface area contributed by atoms with Gasteiger partial charge in [-0.15, -0.1) is 0 Å². The normalized spacial score (nSPS) is 36.9. The maximum absolute atomic E-state index is 10.8. The molecule has 2 saturated heterocycles. The molecule has 0 radical (unpaired) electrons. The average Bonchev–Trinajstić information content (AvgIpc) is 2.70. The molecule has 2 rings (SSSR count). The third kappa shape index (κ3) is 2.17. The Morgan fingerprint density at radius 1 is 0.938 bits per heavy atom. The van der Waals surface area contributed by atoms with Gasteiger partial charge in [0.1, 0.15) is 12.2 Å². The second-order valence-electron chi connectivity index (χ2n) is 3.89. The van der Waals surface area contributed by atoms with Gasteiger partial charge in [0, 0.05) is 13.8 Å². The Morgan fingerprint density at radius 2 is 1.31 bits per heavy atom. The molecule has 6 heteroatoms. The van der Waals surface area contributed by atoms with Crippen LogP contribution in [0.1, 0.15) is 13.8 Å². The largest absolute Gasteiger partial charge is 0.457 e. The van der Waals surface area contributed by atoms with Gasteiger partial charge in [0.15, 0.2) is 12.2 Å². The maximum Gasteiger partial charge on any atom is 0.303 e. The first-order chi connectivity index (χ1) is 7.58. The van der Waals surface area contributed by atoms with E-state index in [0.29, 0.717) is 0 Å². The zero-order valence-corrected chi connectivity index (χ0v) is 9.17. The summed E-state index contributed by atoms with van der Waals surface area (Å²) in [5, 5.41) is 0. The molecule has 2 fully saturated rings. The minimum absolute atomic E-state index is 0.284. The Bertz CT molecular complexity index is 272. The molecule has 2 aliphatic heterocycles. The molecule has 0 saturated carbocycles. The fraction of sp³-hybridized carbons (Fsp3) is 0.800. The number of ether oxygens (including phenoxy) is 4. The van der Waals surface area contributed by atoms with Crippen molar-refractivity contribution in [2.75, 3.05) is 13.2 Å². The van der Waals surface area contributed by atoms with Crippen LogP contribution in [-0.2, 0) is 28.5 Å². The van der Waals surface area contributed by atoms with E-state index in [1.807, 2.05) is 0 Å². The van der Waals surface area contributed by atoms with Crippen molar-refractivity contribution >= 4 is 11.9 Å². The Hall–Kier alpha value is -1.14. The number of rotatable bonds is 2. The van der Waals surface area contributed by atoms with Crippen LogP contribution in [0, 0.1) is 0 Å². The molecule has 0 spiro atoms. The molecule has 0 unspecified atom stereocenters. The van der Waals surface area contributed by atoms with Gasteiger partial charge in [-0.2, -0.15) is 0 Å². The molecule has 6 nitrogen and oxygen atoms in total. The summed E-state index contributed by atoms with van der Waals surface area (Å²) in [6, 6.07) is 0. The van der Waals surface area contributed by atoms with E-state index in [4.69, 9.17) is 18.9 Å². The lowest BCUT2D eigenvalue weighted by Crippen LogP contribution is -2.35. The topological polar surface area (TPSA) is 71.1 Å². The molecule has 0 aliphatic carbocycles. The lowest BCUT2D eigenvalue weighted by molar-refractivity contribution is -0.152. The predicted molar refractivity (Wildman–Crippen MR) is 50.6 cm³/mol. The molecule has 2 heterocycles. The summed E-state index contributed by atoms with van der Waals surface area (Å²) >= 11 is 0. The van der Waals surface area contributed by atoms with Gasteiger partial charge >= 0.3 is 11.9 Å². The fourth-order valence-electron chi connectivity index (χ4n) is 2.06. The summed E-state index contributed by atoms with van der Waals surface area (Å²) in [5.41, 5.74) is 0. The highest BCUT2D eigenvalue weighted by Crippen LogP contribution is 2.30. The van der Waals surface area contributed by atoms with Crippen molar-refractivity contribution in [3.63, 3.8) is 0 Å². The van der Waals surface area contributed by atoms with E-state index in [-0.39, 0.29) is 37.4 Å². The summed E-state index contributed by atoms with van der Waals surface area (Å²) < 4.78 is 20.9. The van der Waals surface area contributed by atoms with Crippen LogP contribution in [0.4, 0.5) is 0 Å². The van der Waals surface area contributed by atoms with Crippen molar-refractivity contribution in [2.24, 2.45) is 0 Å². The quantitative estimate of drug-likeness (QED) is 0.604. The molecule has 0 aromatic rings. The lowest BCUT2D eigenvalue weighted by Gasteiger charge is -2.16. The summed E-state index contributed by atoms with van der Waals surface area (Å²) in [6.07, 6.45) is -1.45. The minimum atomic E-state index is -0.400. The third-order valence-electron chi connectivity index (χ3n) is 2.60. The van der Waals surface area contributed by atoms with Gasteiger partial charge in [0.25, 0.3) is 0 Å². The average molecular weight is 230 g/mol. The van der Waals surface area contributed by atoms with Gasteiger partial charge in [0.2, 0.25) is 0 Å². The van der Waals surface area contributed by atoms with Crippen LogP contribution in [0.15, 0.2) is 0 Å². The van der Waals surface area contributed by atoms with E-state index in [2.05, 4.69) is 0 Å². The Morgan fingerprint density at radius 3 is 1.62 bits per heavy atom. The Kier molecular flexibility index (Phi) is 3.11. The zero-order valence-electron chi connectivity index (χ0n) is 9.17. The van der Waals surface area contributed by atoms with Gasteiger partial charge in [-0.25, -0.2) is 0 Å². The van der Waals surface area contributed by atoms with Crippen molar-refractivity contribution in [1.29, 1.82) is 0 Å². The second kappa shape index (κ2) is 4.39. The van der Waals surface area contributed by atoms with Crippen LogP contribution in [0.5, 0.6) is 0 Å². The van der Waals surface area contributed by atoms with Crippen LogP contribution in [-0.4, -0.2) is 49.6 Å². The van der Waals surface area contributed by atoms with E-state index < -0.39 is 12.2 Å². The SMILES string of the molecule is CC(=O)O[C@H]1CO[C@H]2[C@@H]1OC[C@@H]2OC(C)=O. The molecule has 2 aliphatic rings. The Balaban J connectivity index is 1.95. The second-order valence-corrected chi connectivity index (χ2v) is 3.89. The smallest absolute Gasteiger partial charge is 0.303 e. The lowest BCUT2D eigenvalue weighted by atomic mass is 10.1. The molecule has 0 N–H and O–H groups in total. The van der Waals surface area contributed by atoms with Gasteiger partial charge in [0.05, 0.1) is 13.2 Å². The van der Waals surface area contributed by atoms with Crippen LogP contribution >= 0.6 is 0 Å². The molecule has 4 atom stereocenters. The predicted octanol–water partition coefficient (Wildman–Crippen LogP) is -0.353. The van der Waals surface area contributed by atoms with Crippen molar-refractivity contribution in [2.45, 2.75) is 38.3 Å². The van der Waals surface area contributed by atoms with E-state index in [9.17, 15) is 9.59 Å². The highest BCUT2D eigenvalue weighted by molar-refractivity contribution is 5.66. The van der Waals surface area contributed by atoms with Gasteiger partial charge < -0.3 is 18.9 Å². The first kappa shape index (κ1) is 11.3. The summed E-state index contributed by atoms with van der Waals surface area (Å²) in [5.74, 6) is -0.734. The van der Waals surface area contributed by atoms with E-state index in [0.717, 1.165) is 0 Å². The van der Waals surface area contributed by atoms with Gasteiger partial charge in [-0.1, -0.05) is 0 Å². The Labute approximate surface area is 92.8 Å². The van der Waals surface area contributed by atoms with Crippen LogP contribution in [0.25, 0.3) is 0 Å². The first-order valence-corrected chi connectivity index (χ1v) is 5.15. The zero-order chi connectivity index (χ0) is 11.7. The number of carbonyl (C=O) groups is 2. The monoisotopic (exact) mass is 230 g/mol. The van der Waals surface area contributed by atoms with E-state index in [1.54, 1.807) is 0 Å². The highest BCUT2D eigenvalue weighted by atomic mass is 16.7. The van der Waals surface area contributed by atoms with Crippen molar-refractivity contribution < 1.29 is 28.5 Å². The third-order valence-corrected chi connectivity index (χ3v) is 2.60. The van der Waals surface area contributed by atoms with Crippen LogP contribution in [0.2, 0.25) is 0 Å². The standard InChI is InChI=1S/C10H14O6/c1-5(11)15-7-3-13-10-8(16-6(2)12)4-14-9(7)10/h7-10H,3-4H2,1-2H3/t7-,8-,9+,10+/m0/s1.